The Morgan fingerprint density at radius 2 is 2.19 bits per heavy atom. The molecule has 0 aromatic carbocycles. The zero-order chi connectivity index (χ0) is 11.5. The summed E-state index contributed by atoms with van der Waals surface area (Å²) in [6.07, 6.45) is 7.55. The van der Waals surface area contributed by atoms with E-state index in [1.54, 1.807) is 6.92 Å². The van der Waals surface area contributed by atoms with Crippen molar-refractivity contribution >= 4 is 5.97 Å². The van der Waals surface area contributed by atoms with Crippen molar-refractivity contribution in [1.29, 1.82) is 0 Å². The number of carboxylic acids is 1. The topological polar surface area (TPSA) is 68.0 Å². The van der Waals surface area contributed by atoms with Gasteiger partial charge in [0, 0.05) is 5.92 Å². The monoisotopic (exact) mass is 223 g/mol. The Morgan fingerprint density at radius 3 is 2.81 bits per heavy atom. The zero-order valence-corrected chi connectivity index (χ0v) is 9.46. The number of aliphatic carboxylic acids is 1. The second-order valence-electron chi connectivity index (χ2n) is 4.43. The largest absolute Gasteiger partial charge is 0.480 e. The molecule has 1 aliphatic carbocycles. The molecule has 1 heterocycles. The second kappa shape index (κ2) is 4.63. The average Bonchev–Trinajstić information content (AvgIpc) is 2.78. The summed E-state index contributed by atoms with van der Waals surface area (Å²) >= 11 is 0. The van der Waals surface area contributed by atoms with Crippen LogP contribution in [-0.2, 0) is 4.79 Å². The highest BCUT2D eigenvalue weighted by atomic mass is 16.4. The van der Waals surface area contributed by atoms with Gasteiger partial charge in [0.1, 0.15) is 12.4 Å². The highest BCUT2D eigenvalue weighted by molar-refractivity contribution is 5.71. The van der Waals surface area contributed by atoms with Gasteiger partial charge in [-0.25, -0.2) is 14.5 Å². The van der Waals surface area contributed by atoms with Crippen LogP contribution < -0.4 is 0 Å². The minimum atomic E-state index is -0.875. The van der Waals surface area contributed by atoms with E-state index in [1.807, 2.05) is 0 Å². The van der Waals surface area contributed by atoms with Crippen LogP contribution in [0.15, 0.2) is 6.33 Å². The van der Waals surface area contributed by atoms with Gasteiger partial charge in [0.05, 0.1) is 0 Å². The van der Waals surface area contributed by atoms with Crippen molar-refractivity contribution < 1.29 is 9.90 Å². The van der Waals surface area contributed by atoms with Gasteiger partial charge in [-0.15, -0.1) is 0 Å². The molecule has 2 rings (SSSR count). The van der Waals surface area contributed by atoms with E-state index in [0.717, 1.165) is 18.7 Å². The van der Waals surface area contributed by atoms with E-state index in [2.05, 4.69) is 10.1 Å². The molecule has 0 aliphatic heterocycles. The normalized spacial score (nSPS) is 19.6. The van der Waals surface area contributed by atoms with Crippen molar-refractivity contribution in [1.82, 2.24) is 14.8 Å². The van der Waals surface area contributed by atoms with Gasteiger partial charge >= 0.3 is 5.97 Å². The van der Waals surface area contributed by atoms with Gasteiger partial charge in [0.25, 0.3) is 0 Å². The molecule has 1 aromatic rings. The summed E-state index contributed by atoms with van der Waals surface area (Å²) in [5.41, 5.74) is 0. The number of hydrogen-bond acceptors (Lipinski definition) is 3. The third kappa shape index (κ3) is 2.23. The molecular formula is C11H17N3O2. The minimum absolute atomic E-state index is 0.427. The zero-order valence-electron chi connectivity index (χ0n) is 9.46. The first-order chi connectivity index (χ1) is 7.68. The van der Waals surface area contributed by atoms with Gasteiger partial charge in [-0.05, 0) is 19.8 Å². The molecule has 5 nitrogen and oxygen atoms in total. The fraction of sp³-hybridized carbons (Fsp3) is 0.727. The average molecular weight is 223 g/mol. The number of aromatic nitrogens is 3. The standard InChI is InChI=1S/C11H17N3O2/c1-8(11(15)16)14-7-12-10(13-14)9-5-3-2-4-6-9/h7-9H,2-6H2,1H3,(H,15,16). The second-order valence-corrected chi connectivity index (χ2v) is 4.43. The molecule has 0 amide bonds. The van der Waals surface area contributed by atoms with Gasteiger partial charge in [-0.3, -0.25) is 0 Å². The molecule has 5 heteroatoms. The van der Waals surface area contributed by atoms with Crippen molar-refractivity contribution in [3.8, 4) is 0 Å². The summed E-state index contributed by atoms with van der Waals surface area (Å²) in [5.74, 6) is 0.365. The van der Waals surface area contributed by atoms with Crippen LogP contribution in [0.3, 0.4) is 0 Å². The van der Waals surface area contributed by atoms with Crippen molar-refractivity contribution in [3.63, 3.8) is 0 Å². The van der Waals surface area contributed by atoms with E-state index in [1.165, 1.54) is 30.3 Å². The van der Waals surface area contributed by atoms with E-state index in [9.17, 15) is 4.79 Å². The van der Waals surface area contributed by atoms with Crippen molar-refractivity contribution in [3.05, 3.63) is 12.2 Å². The van der Waals surface area contributed by atoms with Crippen LogP contribution in [0.2, 0.25) is 0 Å². The molecule has 1 atom stereocenters. The Hall–Kier alpha value is -1.39. The fourth-order valence-corrected chi connectivity index (χ4v) is 2.14. The minimum Gasteiger partial charge on any atom is -0.480 e. The number of rotatable bonds is 3. The van der Waals surface area contributed by atoms with Gasteiger partial charge in [0.2, 0.25) is 0 Å². The summed E-state index contributed by atoms with van der Waals surface area (Å²) in [4.78, 5) is 15.0. The molecule has 1 saturated carbocycles. The number of carboxylic acid groups (broad SMARTS) is 1. The number of nitrogens with zero attached hydrogens (tertiary/aromatic N) is 3. The smallest absolute Gasteiger partial charge is 0.328 e. The van der Waals surface area contributed by atoms with E-state index in [0.29, 0.717) is 5.92 Å². The van der Waals surface area contributed by atoms with Crippen LogP contribution in [-0.4, -0.2) is 25.8 Å². The first-order valence-corrected chi connectivity index (χ1v) is 5.82. The van der Waals surface area contributed by atoms with Gasteiger partial charge in [-0.1, -0.05) is 19.3 Å². The molecular weight excluding hydrogens is 206 g/mol. The lowest BCUT2D eigenvalue weighted by atomic mass is 9.89. The van der Waals surface area contributed by atoms with Crippen LogP contribution in [0.5, 0.6) is 0 Å². The third-order valence-corrected chi connectivity index (χ3v) is 3.25. The van der Waals surface area contributed by atoms with E-state index < -0.39 is 12.0 Å². The Morgan fingerprint density at radius 1 is 1.50 bits per heavy atom. The Balaban J connectivity index is 2.09. The number of carbonyl (C=O) groups is 1. The molecule has 1 aromatic heterocycles. The fourth-order valence-electron chi connectivity index (χ4n) is 2.14. The van der Waals surface area contributed by atoms with Gasteiger partial charge in [-0.2, -0.15) is 5.10 Å². The third-order valence-electron chi connectivity index (χ3n) is 3.25. The molecule has 1 unspecified atom stereocenters. The molecule has 1 aliphatic rings. The van der Waals surface area contributed by atoms with Crippen molar-refractivity contribution in [2.24, 2.45) is 0 Å². The molecule has 0 bridgehead atoms. The Bertz CT molecular complexity index is 369. The lowest BCUT2D eigenvalue weighted by Gasteiger charge is -2.18. The molecule has 0 radical (unpaired) electrons. The molecule has 0 saturated heterocycles. The quantitative estimate of drug-likeness (QED) is 0.850. The number of hydrogen-bond donors (Lipinski definition) is 1. The van der Waals surface area contributed by atoms with Crippen LogP contribution in [0, 0.1) is 0 Å². The first-order valence-electron chi connectivity index (χ1n) is 5.82. The van der Waals surface area contributed by atoms with Crippen LogP contribution >= 0.6 is 0 Å². The summed E-state index contributed by atoms with van der Waals surface area (Å²) in [6, 6.07) is -0.634. The molecule has 88 valence electrons. The lowest BCUT2D eigenvalue weighted by molar-refractivity contribution is -0.140. The molecule has 16 heavy (non-hydrogen) atoms. The summed E-state index contributed by atoms with van der Waals surface area (Å²) < 4.78 is 1.44. The Kier molecular flexibility index (Phi) is 3.22. The Labute approximate surface area is 94.5 Å². The van der Waals surface area contributed by atoms with Crippen LogP contribution in [0.1, 0.15) is 56.8 Å². The maximum absolute atomic E-state index is 10.8. The predicted molar refractivity (Wildman–Crippen MR) is 58.2 cm³/mol. The molecule has 0 spiro atoms. The van der Waals surface area contributed by atoms with E-state index >= 15 is 0 Å². The van der Waals surface area contributed by atoms with E-state index in [-0.39, 0.29) is 0 Å². The molecule has 1 N–H and O–H groups in total. The highest BCUT2D eigenvalue weighted by Crippen LogP contribution is 2.30. The van der Waals surface area contributed by atoms with Gasteiger partial charge < -0.3 is 5.11 Å². The summed E-state index contributed by atoms with van der Waals surface area (Å²) in [7, 11) is 0. The van der Waals surface area contributed by atoms with Crippen LogP contribution in [0.4, 0.5) is 0 Å². The summed E-state index contributed by atoms with van der Waals surface area (Å²) in [6.45, 7) is 1.61. The van der Waals surface area contributed by atoms with Crippen molar-refractivity contribution in [2.45, 2.75) is 51.0 Å². The predicted octanol–water partition coefficient (Wildman–Crippen LogP) is 1.97. The summed E-state index contributed by atoms with van der Waals surface area (Å²) in [5, 5.41) is 13.1. The molecule has 1 fully saturated rings. The first kappa shape index (κ1) is 11.1. The maximum Gasteiger partial charge on any atom is 0.328 e. The lowest BCUT2D eigenvalue weighted by Crippen LogP contribution is -2.16. The SMILES string of the molecule is CC(C(=O)O)n1cnc(C2CCCCC2)n1. The maximum atomic E-state index is 10.8. The highest BCUT2D eigenvalue weighted by Gasteiger charge is 2.21. The van der Waals surface area contributed by atoms with Gasteiger partial charge in [0.15, 0.2) is 5.82 Å². The van der Waals surface area contributed by atoms with E-state index in [4.69, 9.17) is 5.11 Å². The van der Waals surface area contributed by atoms with Crippen molar-refractivity contribution in [2.75, 3.05) is 0 Å². The van der Waals surface area contributed by atoms with Crippen LogP contribution in [0.25, 0.3) is 0 Å².